The Morgan fingerprint density at radius 1 is 0.964 bits per heavy atom. The van der Waals surface area contributed by atoms with E-state index in [4.69, 9.17) is 33.0 Å². The highest BCUT2D eigenvalue weighted by atomic mass is 35.5. The highest BCUT2D eigenvalue weighted by Crippen LogP contribution is 2.47. The summed E-state index contributed by atoms with van der Waals surface area (Å²) in [5.41, 5.74) is 5.54. The van der Waals surface area contributed by atoms with Gasteiger partial charge in [-0.2, -0.15) is 5.10 Å². The van der Waals surface area contributed by atoms with Gasteiger partial charge in [-0.1, -0.05) is 77.3 Å². The van der Waals surface area contributed by atoms with Crippen LogP contribution in [0.25, 0.3) is 0 Å². The molecule has 0 N–H and O–H groups in total. The van der Waals surface area contributed by atoms with Crippen LogP contribution in [0.2, 0.25) is 10.0 Å². The molecule has 0 amide bonds. The van der Waals surface area contributed by atoms with Crippen LogP contribution in [0.3, 0.4) is 0 Å². The van der Waals surface area contributed by atoms with E-state index in [1.54, 1.807) is 6.07 Å². The fourth-order valence-electron chi connectivity index (χ4n) is 3.84. The number of fused-ring (bicyclic) bond motifs is 3. The summed E-state index contributed by atoms with van der Waals surface area (Å²) in [6, 6.07) is 22.4. The van der Waals surface area contributed by atoms with Gasteiger partial charge in [-0.3, -0.25) is 0 Å². The van der Waals surface area contributed by atoms with E-state index < -0.39 is 0 Å². The Balaban J connectivity index is 1.59. The minimum Gasteiger partial charge on any atom is -0.464 e. The first-order valence-corrected chi connectivity index (χ1v) is 9.99. The lowest BCUT2D eigenvalue weighted by molar-refractivity contribution is -0.0190. The summed E-state index contributed by atoms with van der Waals surface area (Å²) in [7, 11) is 0. The van der Waals surface area contributed by atoms with Crippen LogP contribution in [0, 0.1) is 6.92 Å². The number of hydrogen-bond acceptors (Lipinski definition) is 3. The van der Waals surface area contributed by atoms with Gasteiger partial charge in [-0.05, 0) is 30.7 Å². The van der Waals surface area contributed by atoms with Crippen molar-refractivity contribution < 1.29 is 4.74 Å². The number of ether oxygens (including phenoxy) is 1. The minimum absolute atomic E-state index is 0.126. The van der Waals surface area contributed by atoms with Crippen molar-refractivity contribution in [2.45, 2.75) is 25.6 Å². The van der Waals surface area contributed by atoms with E-state index >= 15 is 0 Å². The fraction of sp³-hybridized carbons (Fsp3) is 0.174. The summed E-state index contributed by atoms with van der Waals surface area (Å²) in [6.45, 7) is 2.09. The lowest BCUT2D eigenvalue weighted by Gasteiger charge is -2.38. The summed E-state index contributed by atoms with van der Waals surface area (Å²) < 4.78 is 6.35. The SMILES string of the molecule is Cc1ccc(C2=NN3[C@@H](c4ccc(Cl)c(Cl)c4)Oc4ccccc4[C@@H]3C2)cc1. The molecule has 0 radical (unpaired) electrons. The van der Waals surface area contributed by atoms with E-state index in [0.717, 1.165) is 34.6 Å². The second kappa shape index (κ2) is 6.84. The molecule has 0 aromatic heterocycles. The van der Waals surface area contributed by atoms with Crippen LogP contribution in [-0.2, 0) is 0 Å². The van der Waals surface area contributed by atoms with Gasteiger partial charge in [0.25, 0.3) is 0 Å². The Morgan fingerprint density at radius 2 is 1.75 bits per heavy atom. The Hall–Kier alpha value is -2.49. The maximum absolute atomic E-state index is 6.35. The van der Waals surface area contributed by atoms with E-state index in [1.807, 2.05) is 30.3 Å². The number of nitrogens with zero attached hydrogens (tertiary/aromatic N) is 2. The molecule has 3 nitrogen and oxygen atoms in total. The van der Waals surface area contributed by atoms with E-state index in [0.29, 0.717) is 10.0 Å². The van der Waals surface area contributed by atoms with Crippen molar-refractivity contribution in [3.63, 3.8) is 0 Å². The predicted octanol–water partition coefficient (Wildman–Crippen LogP) is 6.54. The first kappa shape index (κ1) is 17.6. The molecule has 28 heavy (non-hydrogen) atoms. The molecule has 3 aromatic rings. The second-order valence-corrected chi connectivity index (χ2v) is 8.01. The third-order valence-corrected chi connectivity index (χ3v) is 6.05. The largest absolute Gasteiger partial charge is 0.464 e. The number of aryl methyl sites for hydroxylation is 1. The van der Waals surface area contributed by atoms with Gasteiger partial charge in [0, 0.05) is 17.5 Å². The van der Waals surface area contributed by atoms with Gasteiger partial charge >= 0.3 is 0 Å². The van der Waals surface area contributed by atoms with Gasteiger partial charge in [-0.25, -0.2) is 5.01 Å². The van der Waals surface area contributed by atoms with Crippen LogP contribution in [0.15, 0.2) is 71.8 Å². The molecule has 0 saturated carbocycles. The van der Waals surface area contributed by atoms with Crippen LogP contribution in [0.1, 0.15) is 40.9 Å². The van der Waals surface area contributed by atoms with E-state index in [9.17, 15) is 0 Å². The molecule has 140 valence electrons. The average Bonchev–Trinajstić information content (AvgIpc) is 3.16. The first-order chi connectivity index (χ1) is 13.6. The number of hydrazone groups is 1. The number of rotatable bonds is 2. The lowest BCUT2D eigenvalue weighted by Crippen LogP contribution is -2.33. The molecule has 2 heterocycles. The van der Waals surface area contributed by atoms with Crippen LogP contribution in [0.5, 0.6) is 5.75 Å². The molecule has 0 aliphatic carbocycles. The first-order valence-electron chi connectivity index (χ1n) is 9.23. The number of halogens is 2. The minimum atomic E-state index is -0.349. The molecular formula is C23H18Cl2N2O. The molecule has 0 fully saturated rings. The number of benzene rings is 3. The maximum Gasteiger partial charge on any atom is 0.213 e. The van der Waals surface area contributed by atoms with Crippen LogP contribution in [-0.4, -0.2) is 10.7 Å². The van der Waals surface area contributed by atoms with Gasteiger partial charge in [0.15, 0.2) is 0 Å². The van der Waals surface area contributed by atoms with Crippen molar-refractivity contribution in [1.29, 1.82) is 0 Å². The van der Waals surface area contributed by atoms with Crippen LogP contribution >= 0.6 is 23.2 Å². The fourth-order valence-corrected chi connectivity index (χ4v) is 4.15. The van der Waals surface area contributed by atoms with Gasteiger partial charge in [0.1, 0.15) is 5.75 Å². The molecule has 0 unspecified atom stereocenters. The third-order valence-electron chi connectivity index (χ3n) is 5.31. The quantitative estimate of drug-likeness (QED) is 0.480. The Bertz CT molecular complexity index is 1080. The van der Waals surface area contributed by atoms with Gasteiger partial charge in [0.2, 0.25) is 6.23 Å². The van der Waals surface area contributed by atoms with Crippen molar-refractivity contribution >= 4 is 28.9 Å². The summed E-state index contributed by atoms with van der Waals surface area (Å²) in [6.07, 6.45) is 0.485. The summed E-state index contributed by atoms with van der Waals surface area (Å²) in [5.74, 6) is 0.889. The summed E-state index contributed by atoms with van der Waals surface area (Å²) >= 11 is 12.4. The standard InChI is InChI=1S/C23H18Cl2N2O/c1-14-6-8-15(9-7-14)20-13-21-17-4-2-3-5-22(17)28-23(27(21)26-20)16-10-11-18(24)19(25)12-16/h2-12,21,23H,13H2,1H3/t21-,23+/m0/s1. The third kappa shape index (κ3) is 2.95. The maximum atomic E-state index is 6.35. The zero-order valence-corrected chi connectivity index (χ0v) is 16.8. The molecule has 5 rings (SSSR count). The topological polar surface area (TPSA) is 24.8 Å². The summed E-state index contributed by atoms with van der Waals surface area (Å²) in [5, 5.41) is 8.07. The molecular weight excluding hydrogens is 391 g/mol. The monoisotopic (exact) mass is 408 g/mol. The molecule has 3 aromatic carbocycles. The molecule has 0 saturated heterocycles. The number of hydrogen-bond donors (Lipinski definition) is 0. The van der Waals surface area contributed by atoms with Crippen molar-refractivity contribution in [3.05, 3.63) is 99.0 Å². The van der Waals surface area contributed by atoms with Crippen molar-refractivity contribution in [2.75, 3.05) is 0 Å². The zero-order valence-electron chi connectivity index (χ0n) is 15.3. The second-order valence-electron chi connectivity index (χ2n) is 7.19. The number of para-hydroxylation sites is 1. The molecule has 2 aliphatic rings. The normalized spacial score (nSPS) is 20.2. The van der Waals surface area contributed by atoms with Crippen molar-refractivity contribution in [3.8, 4) is 5.75 Å². The van der Waals surface area contributed by atoms with E-state index in [-0.39, 0.29) is 12.3 Å². The predicted molar refractivity (Wildman–Crippen MR) is 113 cm³/mol. The van der Waals surface area contributed by atoms with Crippen molar-refractivity contribution in [1.82, 2.24) is 5.01 Å². The molecule has 0 bridgehead atoms. The van der Waals surface area contributed by atoms with Gasteiger partial charge in [-0.15, -0.1) is 0 Å². The van der Waals surface area contributed by atoms with E-state index in [1.165, 1.54) is 5.56 Å². The Kier molecular flexibility index (Phi) is 4.30. The van der Waals surface area contributed by atoms with Crippen LogP contribution in [0.4, 0.5) is 0 Å². The van der Waals surface area contributed by atoms with E-state index in [2.05, 4.69) is 42.3 Å². The highest BCUT2D eigenvalue weighted by Gasteiger charge is 2.40. The zero-order chi connectivity index (χ0) is 19.3. The Labute approximate surface area is 174 Å². The van der Waals surface area contributed by atoms with Crippen LogP contribution < -0.4 is 4.74 Å². The average molecular weight is 409 g/mol. The Morgan fingerprint density at radius 3 is 2.54 bits per heavy atom. The highest BCUT2D eigenvalue weighted by molar-refractivity contribution is 6.42. The molecule has 0 spiro atoms. The van der Waals surface area contributed by atoms with Gasteiger partial charge in [0.05, 0.1) is 21.8 Å². The summed E-state index contributed by atoms with van der Waals surface area (Å²) in [4.78, 5) is 0. The van der Waals surface area contributed by atoms with Gasteiger partial charge < -0.3 is 4.74 Å². The molecule has 5 heteroatoms. The smallest absolute Gasteiger partial charge is 0.213 e. The lowest BCUT2D eigenvalue weighted by atomic mass is 9.95. The van der Waals surface area contributed by atoms with Crippen molar-refractivity contribution in [2.24, 2.45) is 5.10 Å². The molecule has 2 atom stereocenters. The molecule has 2 aliphatic heterocycles.